The zero-order valence-corrected chi connectivity index (χ0v) is 14.7. The fourth-order valence-electron chi connectivity index (χ4n) is 4.41. The molecule has 3 rings (SSSR count). The molecule has 2 aliphatic carbocycles. The Bertz CT molecular complexity index is 625. The first kappa shape index (κ1) is 16.9. The highest BCUT2D eigenvalue weighted by Gasteiger charge is 2.41. The topological polar surface area (TPSA) is 47.6 Å². The Hall–Kier alpha value is -1.97. The van der Waals surface area contributed by atoms with Crippen LogP contribution in [0.2, 0.25) is 0 Å². The number of hydrogen-bond donors (Lipinski definition) is 1. The van der Waals surface area contributed by atoms with E-state index in [4.69, 9.17) is 9.47 Å². The molecule has 4 nitrogen and oxygen atoms in total. The summed E-state index contributed by atoms with van der Waals surface area (Å²) in [5.74, 6) is 3.70. The monoisotopic (exact) mass is 329 g/mol. The maximum Gasteiger partial charge on any atom is 0.244 e. The summed E-state index contributed by atoms with van der Waals surface area (Å²) in [6, 6.07) is 5.86. The molecule has 4 atom stereocenters. The van der Waals surface area contributed by atoms with Crippen molar-refractivity contribution < 1.29 is 14.3 Å². The molecule has 0 aromatic heterocycles. The van der Waals surface area contributed by atoms with Gasteiger partial charge in [-0.05, 0) is 67.7 Å². The highest BCUT2D eigenvalue weighted by atomic mass is 16.5. The molecule has 2 bridgehead atoms. The van der Waals surface area contributed by atoms with Gasteiger partial charge in [-0.2, -0.15) is 0 Å². The lowest BCUT2D eigenvalue weighted by Crippen LogP contribution is -2.39. The van der Waals surface area contributed by atoms with Crippen molar-refractivity contribution in [1.82, 2.24) is 5.32 Å². The van der Waals surface area contributed by atoms with E-state index in [1.807, 2.05) is 24.3 Å². The second kappa shape index (κ2) is 7.29. The normalized spacial score (nSPS) is 26.5. The van der Waals surface area contributed by atoms with Crippen molar-refractivity contribution in [3.8, 4) is 11.5 Å². The third-order valence-corrected chi connectivity index (χ3v) is 5.64. The predicted molar refractivity (Wildman–Crippen MR) is 95.1 cm³/mol. The van der Waals surface area contributed by atoms with Gasteiger partial charge in [0.1, 0.15) is 0 Å². The summed E-state index contributed by atoms with van der Waals surface area (Å²) < 4.78 is 10.5. The van der Waals surface area contributed by atoms with Crippen molar-refractivity contribution >= 4 is 12.0 Å². The average Bonchev–Trinajstić information content (AvgIpc) is 3.23. The third-order valence-electron chi connectivity index (χ3n) is 5.64. The summed E-state index contributed by atoms with van der Waals surface area (Å²) in [6.45, 7) is 2.15. The maximum atomic E-state index is 12.2. The van der Waals surface area contributed by atoms with Crippen LogP contribution in [0.25, 0.3) is 6.08 Å². The summed E-state index contributed by atoms with van der Waals surface area (Å²) in [5, 5.41) is 3.15. The summed E-state index contributed by atoms with van der Waals surface area (Å²) in [7, 11) is 3.22. The van der Waals surface area contributed by atoms with Crippen molar-refractivity contribution in [3.05, 3.63) is 29.8 Å². The van der Waals surface area contributed by atoms with Gasteiger partial charge in [0.15, 0.2) is 11.5 Å². The Morgan fingerprint density at radius 1 is 1.21 bits per heavy atom. The van der Waals surface area contributed by atoms with E-state index < -0.39 is 0 Å². The van der Waals surface area contributed by atoms with Crippen LogP contribution in [-0.4, -0.2) is 26.2 Å². The van der Waals surface area contributed by atoms with E-state index in [1.165, 1.54) is 25.7 Å². The van der Waals surface area contributed by atoms with Crippen LogP contribution in [0.5, 0.6) is 11.5 Å². The first-order chi connectivity index (χ1) is 11.6. The molecule has 1 aromatic carbocycles. The number of methoxy groups -OCH3 is 2. The number of hydrogen-bond acceptors (Lipinski definition) is 3. The number of amides is 1. The lowest BCUT2D eigenvalue weighted by molar-refractivity contribution is -0.117. The number of ether oxygens (including phenoxy) is 2. The zero-order chi connectivity index (χ0) is 17.1. The third kappa shape index (κ3) is 3.58. The molecule has 130 valence electrons. The quantitative estimate of drug-likeness (QED) is 0.810. The van der Waals surface area contributed by atoms with Gasteiger partial charge in [0.2, 0.25) is 5.91 Å². The van der Waals surface area contributed by atoms with Crippen LogP contribution in [0.15, 0.2) is 24.3 Å². The second-order valence-electron chi connectivity index (χ2n) is 7.08. The number of rotatable bonds is 6. The van der Waals surface area contributed by atoms with Crippen molar-refractivity contribution in [1.29, 1.82) is 0 Å². The number of fused-ring (bicyclic) bond motifs is 2. The maximum absolute atomic E-state index is 12.2. The van der Waals surface area contributed by atoms with Gasteiger partial charge in [0, 0.05) is 12.1 Å². The van der Waals surface area contributed by atoms with Gasteiger partial charge in [-0.15, -0.1) is 0 Å². The Morgan fingerprint density at radius 3 is 2.62 bits per heavy atom. The molecule has 0 spiro atoms. The highest BCUT2D eigenvalue weighted by Crippen LogP contribution is 2.49. The van der Waals surface area contributed by atoms with Gasteiger partial charge in [0.05, 0.1) is 14.2 Å². The Balaban J connectivity index is 1.57. The summed E-state index contributed by atoms with van der Waals surface area (Å²) in [4.78, 5) is 12.2. The fourth-order valence-corrected chi connectivity index (χ4v) is 4.41. The molecule has 0 aliphatic heterocycles. The smallest absolute Gasteiger partial charge is 0.244 e. The number of benzene rings is 1. The summed E-state index contributed by atoms with van der Waals surface area (Å²) in [6.07, 6.45) is 8.80. The van der Waals surface area contributed by atoms with Crippen molar-refractivity contribution in [3.63, 3.8) is 0 Å². The van der Waals surface area contributed by atoms with E-state index in [-0.39, 0.29) is 11.9 Å². The van der Waals surface area contributed by atoms with Crippen LogP contribution in [0, 0.1) is 17.8 Å². The van der Waals surface area contributed by atoms with Gasteiger partial charge in [-0.1, -0.05) is 12.5 Å². The molecule has 24 heavy (non-hydrogen) atoms. The van der Waals surface area contributed by atoms with Gasteiger partial charge in [0.25, 0.3) is 0 Å². The Morgan fingerprint density at radius 2 is 2.00 bits per heavy atom. The number of carbonyl (C=O) groups is 1. The first-order valence-corrected chi connectivity index (χ1v) is 8.81. The lowest BCUT2D eigenvalue weighted by Gasteiger charge is -2.28. The minimum atomic E-state index is -0.0277. The molecule has 1 amide bonds. The molecule has 0 saturated heterocycles. The van der Waals surface area contributed by atoms with Crippen LogP contribution in [0.4, 0.5) is 0 Å². The molecule has 2 fully saturated rings. The molecule has 2 aliphatic rings. The van der Waals surface area contributed by atoms with E-state index >= 15 is 0 Å². The largest absolute Gasteiger partial charge is 0.493 e. The van der Waals surface area contributed by atoms with E-state index in [2.05, 4.69) is 12.2 Å². The van der Waals surface area contributed by atoms with E-state index in [0.717, 1.165) is 17.4 Å². The molecule has 4 unspecified atom stereocenters. The molecule has 0 radical (unpaired) electrons. The standard InChI is InChI=1S/C20H27NO3/c1-13(17-11-15-4-7-16(17)10-15)21-20(22)9-6-14-5-8-18(23-2)19(12-14)24-3/h5-6,8-9,12-13,15-17H,4,7,10-11H2,1-3H3,(H,21,22). The van der Waals surface area contributed by atoms with Crippen molar-refractivity contribution in [2.75, 3.05) is 14.2 Å². The van der Waals surface area contributed by atoms with Gasteiger partial charge in [-0.25, -0.2) is 0 Å². The first-order valence-electron chi connectivity index (χ1n) is 8.81. The molecule has 0 heterocycles. The molecule has 4 heteroatoms. The lowest BCUT2D eigenvalue weighted by atomic mass is 9.84. The molecule has 1 N–H and O–H groups in total. The molecular weight excluding hydrogens is 302 g/mol. The van der Waals surface area contributed by atoms with Crippen LogP contribution in [0.3, 0.4) is 0 Å². The second-order valence-corrected chi connectivity index (χ2v) is 7.08. The van der Waals surface area contributed by atoms with Gasteiger partial charge < -0.3 is 14.8 Å². The van der Waals surface area contributed by atoms with Gasteiger partial charge in [-0.3, -0.25) is 4.79 Å². The fraction of sp³-hybridized carbons (Fsp3) is 0.550. The summed E-state index contributed by atoms with van der Waals surface area (Å²) >= 11 is 0. The van der Waals surface area contributed by atoms with Gasteiger partial charge >= 0.3 is 0 Å². The van der Waals surface area contributed by atoms with Crippen LogP contribution in [0.1, 0.15) is 38.2 Å². The van der Waals surface area contributed by atoms with Crippen molar-refractivity contribution in [2.45, 2.75) is 38.6 Å². The Labute approximate surface area is 144 Å². The van der Waals surface area contributed by atoms with E-state index in [9.17, 15) is 4.79 Å². The Kier molecular flexibility index (Phi) is 5.12. The van der Waals surface area contributed by atoms with Crippen LogP contribution in [-0.2, 0) is 4.79 Å². The molecule has 1 aromatic rings. The minimum Gasteiger partial charge on any atom is -0.493 e. The zero-order valence-electron chi connectivity index (χ0n) is 14.7. The average molecular weight is 329 g/mol. The SMILES string of the molecule is COc1ccc(C=CC(=O)NC(C)C2CC3CCC2C3)cc1OC. The number of carbonyl (C=O) groups excluding carboxylic acids is 1. The van der Waals surface area contributed by atoms with Crippen LogP contribution >= 0.6 is 0 Å². The minimum absolute atomic E-state index is 0.0277. The molecule has 2 saturated carbocycles. The van der Waals surface area contributed by atoms with Crippen molar-refractivity contribution in [2.24, 2.45) is 17.8 Å². The molecular formula is C20H27NO3. The number of nitrogens with one attached hydrogen (secondary N) is 1. The summed E-state index contributed by atoms with van der Waals surface area (Å²) in [5.41, 5.74) is 0.912. The predicted octanol–water partition coefficient (Wildman–Crippen LogP) is 3.66. The van der Waals surface area contributed by atoms with Crippen LogP contribution < -0.4 is 14.8 Å². The highest BCUT2D eigenvalue weighted by molar-refractivity contribution is 5.92. The van der Waals surface area contributed by atoms with E-state index in [1.54, 1.807) is 20.3 Å². The van der Waals surface area contributed by atoms with E-state index in [0.29, 0.717) is 17.4 Å².